The molecule has 0 bridgehead atoms. The highest BCUT2D eigenvalue weighted by Gasteiger charge is 2.13. The van der Waals surface area contributed by atoms with E-state index in [9.17, 15) is 0 Å². The molecule has 1 aromatic carbocycles. The summed E-state index contributed by atoms with van der Waals surface area (Å²) >= 11 is 3.07. The minimum absolute atomic E-state index is 0.522. The fourth-order valence-corrected chi connectivity index (χ4v) is 3.56. The number of thioether (sulfide) groups is 1. The summed E-state index contributed by atoms with van der Waals surface area (Å²) in [6, 6.07) is 13.9. The van der Waals surface area contributed by atoms with Crippen molar-refractivity contribution >= 4 is 23.1 Å². The average Bonchev–Trinajstić information content (AvgIpc) is 3.34. The SMILES string of the molecule is Cc1ccccc1-c1nnc(SCc2cc(-c3cccs3)on2)o1. The molecule has 0 radical (unpaired) electrons. The molecule has 4 rings (SSSR count). The van der Waals surface area contributed by atoms with Crippen molar-refractivity contribution < 1.29 is 8.94 Å². The molecule has 0 saturated heterocycles. The fraction of sp³-hybridized carbons (Fsp3) is 0.118. The lowest BCUT2D eigenvalue weighted by molar-refractivity contribution is 0.427. The lowest BCUT2D eigenvalue weighted by Gasteiger charge is -1.98. The molecule has 0 N–H and O–H groups in total. The van der Waals surface area contributed by atoms with Gasteiger partial charge in [0.1, 0.15) is 0 Å². The smallest absolute Gasteiger partial charge is 0.277 e. The maximum Gasteiger partial charge on any atom is 0.277 e. The molecule has 0 spiro atoms. The van der Waals surface area contributed by atoms with E-state index in [2.05, 4.69) is 15.4 Å². The summed E-state index contributed by atoms with van der Waals surface area (Å²) in [6.07, 6.45) is 0. The van der Waals surface area contributed by atoms with Crippen LogP contribution in [0.25, 0.3) is 22.1 Å². The monoisotopic (exact) mass is 355 g/mol. The molecule has 0 atom stereocenters. The Morgan fingerprint density at radius 3 is 2.88 bits per heavy atom. The molecule has 0 fully saturated rings. The highest BCUT2D eigenvalue weighted by Crippen LogP contribution is 2.29. The van der Waals surface area contributed by atoms with Gasteiger partial charge in [0.15, 0.2) is 5.76 Å². The van der Waals surface area contributed by atoms with E-state index in [1.165, 1.54) is 11.8 Å². The van der Waals surface area contributed by atoms with Gasteiger partial charge in [-0.1, -0.05) is 41.2 Å². The molecule has 5 nitrogen and oxygen atoms in total. The zero-order chi connectivity index (χ0) is 16.4. The Morgan fingerprint density at radius 2 is 2.04 bits per heavy atom. The van der Waals surface area contributed by atoms with E-state index in [-0.39, 0.29) is 0 Å². The van der Waals surface area contributed by atoms with Crippen LogP contribution in [0.3, 0.4) is 0 Å². The third-order valence-electron chi connectivity index (χ3n) is 3.45. The summed E-state index contributed by atoms with van der Waals surface area (Å²) in [5.41, 5.74) is 2.91. The average molecular weight is 355 g/mol. The third-order valence-corrected chi connectivity index (χ3v) is 5.18. The van der Waals surface area contributed by atoms with Crippen molar-refractivity contribution in [3.63, 3.8) is 0 Å². The van der Waals surface area contributed by atoms with E-state index in [4.69, 9.17) is 8.94 Å². The van der Waals surface area contributed by atoms with Gasteiger partial charge < -0.3 is 8.94 Å². The van der Waals surface area contributed by atoms with Crippen molar-refractivity contribution in [2.75, 3.05) is 0 Å². The van der Waals surface area contributed by atoms with Crippen LogP contribution in [-0.2, 0) is 5.75 Å². The molecule has 24 heavy (non-hydrogen) atoms. The largest absolute Gasteiger partial charge is 0.411 e. The quantitative estimate of drug-likeness (QED) is 0.467. The minimum Gasteiger partial charge on any atom is -0.411 e. The van der Waals surface area contributed by atoms with E-state index < -0.39 is 0 Å². The normalized spacial score (nSPS) is 11.0. The van der Waals surface area contributed by atoms with Crippen LogP contribution in [0, 0.1) is 6.92 Å². The third kappa shape index (κ3) is 3.13. The van der Waals surface area contributed by atoms with Crippen LogP contribution in [0.4, 0.5) is 0 Å². The van der Waals surface area contributed by atoms with Crippen LogP contribution in [0.2, 0.25) is 0 Å². The summed E-state index contributed by atoms with van der Waals surface area (Å²) in [6.45, 7) is 2.02. The zero-order valence-corrected chi connectivity index (χ0v) is 14.4. The van der Waals surface area contributed by atoms with Gasteiger partial charge in [-0.25, -0.2) is 0 Å². The first-order valence-corrected chi connectivity index (χ1v) is 9.18. The topological polar surface area (TPSA) is 65.0 Å². The maximum absolute atomic E-state index is 5.74. The van der Waals surface area contributed by atoms with Crippen LogP contribution >= 0.6 is 23.1 Å². The van der Waals surface area contributed by atoms with Crippen LogP contribution in [-0.4, -0.2) is 15.4 Å². The van der Waals surface area contributed by atoms with E-state index in [0.29, 0.717) is 16.9 Å². The summed E-state index contributed by atoms with van der Waals surface area (Å²) < 4.78 is 11.1. The maximum atomic E-state index is 5.74. The summed E-state index contributed by atoms with van der Waals surface area (Å²) in [5, 5.41) is 14.8. The first kappa shape index (κ1) is 15.2. The Hall–Kier alpha value is -2.38. The molecule has 0 amide bonds. The van der Waals surface area contributed by atoms with E-state index in [1.54, 1.807) is 11.3 Å². The van der Waals surface area contributed by atoms with Crippen LogP contribution in [0.15, 0.2) is 62.0 Å². The number of aryl methyl sites for hydroxylation is 1. The number of nitrogens with zero attached hydrogens (tertiary/aromatic N) is 3. The standard InChI is InChI=1S/C17H13N3O2S2/c1-11-5-2-3-6-13(11)16-18-19-17(21-16)24-10-12-9-14(22-20-12)15-7-4-8-23-15/h2-9H,10H2,1H3. The molecule has 0 aliphatic heterocycles. The Morgan fingerprint density at radius 1 is 1.12 bits per heavy atom. The number of benzene rings is 1. The summed E-state index contributed by atoms with van der Waals surface area (Å²) in [4.78, 5) is 1.07. The van der Waals surface area contributed by atoms with Crippen LogP contribution < -0.4 is 0 Å². The number of rotatable bonds is 5. The van der Waals surface area contributed by atoms with Crippen molar-refractivity contribution in [1.29, 1.82) is 0 Å². The highest BCUT2D eigenvalue weighted by atomic mass is 32.2. The number of hydrogen-bond acceptors (Lipinski definition) is 7. The fourth-order valence-electron chi connectivity index (χ4n) is 2.24. The molecule has 0 aliphatic carbocycles. The van der Waals surface area contributed by atoms with Crippen molar-refractivity contribution in [2.24, 2.45) is 0 Å². The second-order valence-corrected chi connectivity index (χ2v) is 7.01. The van der Waals surface area contributed by atoms with Crippen molar-refractivity contribution in [3.05, 3.63) is 59.1 Å². The lowest BCUT2D eigenvalue weighted by Crippen LogP contribution is -1.81. The second kappa shape index (κ2) is 6.62. The Kier molecular flexibility index (Phi) is 4.18. The molecule has 3 heterocycles. The molecule has 3 aromatic heterocycles. The van der Waals surface area contributed by atoms with Gasteiger partial charge in [-0.3, -0.25) is 0 Å². The van der Waals surface area contributed by atoms with Crippen molar-refractivity contribution in [2.45, 2.75) is 17.9 Å². The Labute approximate surface area is 146 Å². The van der Waals surface area contributed by atoms with Crippen LogP contribution in [0.5, 0.6) is 0 Å². The van der Waals surface area contributed by atoms with Gasteiger partial charge in [0.2, 0.25) is 5.89 Å². The molecule has 4 aromatic rings. The zero-order valence-electron chi connectivity index (χ0n) is 12.8. The molecule has 7 heteroatoms. The lowest BCUT2D eigenvalue weighted by atomic mass is 10.1. The Bertz CT molecular complexity index is 944. The number of hydrogen-bond donors (Lipinski definition) is 0. The van der Waals surface area contributed by atoms with Gasteiger partial charge in [0.25, 0.3) is 5.22 Å². The predicted molar refractivity (Wildman–Crippen MR) is 93.8 cm³/mol. The predicted octanol–water partition coefficient (Wildman–Crippen LogP) is 5.05. The van der Waals surface area contributed by atoms with Gasteiger partial charge in [-0.15, -0.1) is 21.5 Å². The van der Waals surface area contributed by atoms with Crippen molar-refractivity contribution in [1.82, 2.24) is 15.4 Å². The first-order valence-electron chi connectivity index (χ1n) is 7.31. The van der Waals surface area contributed by atoms with E-state index in [1.807, 2.05) is 54.8 Å². The highest BCUT2D eigenvalue weighted by molar-refractivity contribution is 7.98. The van der Waals surface area contributed by atoms with Gasteiger partial charge in [-0.05, 0) is 30.0 Å². The molecule has 0 aliphatic rings. The van der Waals surface area contributed by atoms with Gasteiger partial charge in [0, 0.05) is 17.4 Å². The Balaban J connectivity index is 1.45. The number of aromatic nitrogens is 3. The summed E-state index contributed by atoms with van der Waals surface area (Å²) in [7, 11) is 0. The summed E-state index contributed by atoms with van der Waals surface area (Å²) in [5.74, 6) is 1.94. The van der Waals surface area contributed by atoms with Crippen LogP contribution in [0.1, 0.15) is 11.3 Å². The first-order chi connectivity index (χ1) is 11.8. The van der Waals surface area contributed by atoms with E-state index >= 15 is 0 Å². The van der Waals surface area contributed by atoms with Gasteiger partial charge in [-0.2, -0.15) is 0 Å². The second-order valence-electron chi connectivity index (χ2n) is 5.14. The minimum atomic E-state index is 0.522. The molecule has 0 unspecified atom stereocenters. The van der Waals surface area contributed by atoms with E-state index in [0.717, 1.165) is 27.5 Å². The van der Waals surface area contributed by atoms with Crippen molar-refractivity contribution in [3.8, 4) is 22.1 Å². The molecular weight excluding hydrogens is 342 g/mol. The number of thiophene rings is 1. The molecular formula is C17H13N3O2S2. The van der Waals surface area contributed by atoms with Gasteiger partial charge in [0.05, 0.1) is 10.6 Å². The molecule has 120 valence electrons. The molecule has 0 saturated carbocycles. The van der Waals surface area contributed by atoms with Gasteiger partial charge >= 0.3 is 0 Å².